The van der Waals surface area contributed by atoms with Crippen molar-refractivity contribution in [3.63, 3.8) is 0 Å². The average Bonchev–Trinajstić information content (AvgIpc) is 2.81. The molecular weight excluding hydrogens is 390 g/mol. The van der Waals surface area contributed by atoms with E-state index in [1.54, 1.807) is 54.6 Å². The third-order valence-corrected chi connectivity index (χ3v) is 4.64. The normalized spacial score (nSPS) is 10.9. The van der Waals surface area contributed by atoms with Crippen LogP contribution in [0.25, 0.3) is 10.8 Å². The van der Waals surface area contributed by atoms with Crippen LogP contribution in [-0.4, -0.2) is 11.9 Å². The molecule has 0 aliphatic carbocycles. The summed E-state index contributed by atoms with van der Waals surface area (Å²) < 4.78 is 0. The Morgan fingerprint density at radius 2 is 1.55 bits per heavy atom. The van der Waals surface area contributed by atoms with Gasteiger partial charge in [-0.1, -0.05) is 48.0 Å². The first-order chi connectivity index (χ1) is 15.1. The molecule has 0 aliphatic heterocycles. The first-order valence-corrected chi connectivity index (χ1v) is 9.67. The zero-order chi connectivity index (χ0) is 21.6. The molecule has 1 amide bonds. The molecule has 6 heteroatoms. The van der Waals surface area contributed by atoms with Gasteiger partial charge in [-0.25, -0.2) is 10.3 Å². The summed E-state index contributed by atoms with van der Waals surface area (Å²) in [6, 6.07) is 27.0. The highest BCUT2D eigenvalue weighted by Gasteiger charge is 2.09. The molecule has 0 fully saturated rings. The van der Waals surface area contributed by atoms with Crippen molar-refractivity contribution in [2.45, 2.75) is 6.92 Å². The Labute approximate surface area is 179 Å². The number of amides is 1. The van der Waals surface area contributed by atoms with Crippen LogP contribution in [0.15, 0.2) is 101 Å². The summed E-state index contributed by atoms with van der Waals surface area (Å²) in [7, 11) is 0. The van der Waals surface area contributed by atoms with Gasteiger partial charge < -0.3 is 4.84 Å². The fourth-order valence-corrected chi connectivity index (χ4v) is 3.02. The lowest BCUT2D eigenvalue weighted by Gasteiger charge is -2.07. The van der Waals surface area contributed by atoms with Crippen molar-refractivity contribution >= 4 is 34.0 Å². The molecule has 0 bridgehead atoms. The number of azo groups is 1. The van der Waals surface area contributed by atoms with Crippen molar-refractivity contribution in [3.8, 4) is 0 Å². The Bertz CT molecular complexity index is 1280. The van der Waals surface area contributed by atoms with Crippen molar-refractivity contribution in [1.29, 1.82) is 0 Å². The van der Waals surface area contributed by atoms with Gasteiger partial charge in [-0.15, -0.1) is 10.2 Å². The first-order valence-electron chi connectivity index (χ1n) is 9.67. The van der Waals surface area contributed by atoms with Crippen LogP contribution in [0, 0.1) is 6.92 Å². The molecule has 0 atom stereocenters. The molecule has 0 saturated carbocycles. The number of benzene rings is 4. The number of fused-ring (bicyclic) bond motifs is 1. The van der Waals surface area contributed by atoms with Gasteiger partial charge in [0, 0.05) is 5.56 Å². The number of anilines is 1. The molecule has 1 N–H and O–H groups in total. The van der Waals surface area contributed by atoms with Gasteiger partial charge in [0.15, 0.2) is 0 Å². The van der Waals surface area contributed by atoms with Gasteiger partial charge in [-0.3, -0.25) is 4.79 Å². The molecule has 0 aromatic heterocycles. The number of nitrogens with zero attached hydrogens (tertiary/aromatic N) is 2. The quantitative estimate of drug-likeness (QED) is 0.312. The molecule has 0 aliphatic rings. The van der Waals surface area contributed by atoms with Crippen molar-refractivity contribution in [2.75, 3.05) is 5.48 Å². The van der Waals surface area contributed by atoms with Gasteiger partial charge >= 0.3 is 5.97 Å². The molecule has 0 heterocycles. The van der Waals surface area contributed by atoms with Gasteiger partial charge in [-0.05, 0) is 66.2 Å². The number of nitrogens with one attached hydrogen (secondary N) is 1. The molecule has 0 saturated heterocycles. The molecule has 6 nitrogen and oxygen atoms in total. The zero-order valence-electron chi connectivity index (χ0n) is 16.8. The summed E-state index contributed by atoms with van der Waals surface area (Å²) >= 11 is 0. The summed E-state index contributed by atoms with van der Waals surface area (Å²) in [4.78, 5) is 29.6. The van der Waals surface area contributed by atoms with E-state index in [2.05, 4.69) is 15.7 Å². The molecule has 31 heavy (non-hydrogen) atoms. The van der Waals surface area contributed by atoms with Crippen molar-refractivity contribution < 1.29 is 14.4 Å². The second-order valence-electron chi connectivity index (χ2n) is 6.98. The van der Waals surface area contributed by atoms with Crippen LogP contribution in [0.3, 0.4) is 0 Å². The molecule has 0 radical (unpaired) electrons. The fourth-order valence-electron chi connectivity index (χ4n) is 3.02. The van der Waals surface area contributed by atoms with Crippen LogP contribution in [0.4, 0.5) is 11.4 Å². The van der Waals surface area contributed by atoms with E-state index in [0.29, 0.717) is 22.5 Å². The third kappa shape index (κ3) is 5.00. The van der Waals surface area contributed by atoms with Crippen LogP contribution < -0.4 is 5.48 Å². The predicted molar refractivity (Wildman–Crippen MR) is 119 cm³/mol. The lowest BCUT2D eigenvalue weighted by Crippen LogP contribution is -2.10. The first kappa shape index (κ1) is 20.0. The van der Waals surface area contributed by atoms with E-state index < -0.39 is 11.9 Å². The Kier molecular flexibility index (Phi) is 5.80. The minimum atomic E-state index is -0.488. The summed E-state index contributed by atoms with van der Waals surface area (Å²) in [5.74, 6) is -0.895. The van der Waals surface area contributed by atoms with E-state index in [-0.39, 0.29) is 0 Å². The Hall–Kier alpha value is -4.32. The van der Waals surface area contributed by atoms with Crippen LogP contribution >= 0.6 is 0 Å². The monoisotopic (exact) mass is 409 g/mol. The molecule has 4 rings (SSSR count). The maximum Gasteiger partial charge on any atom is 0.362 e. The lowest BCUT2D eigenvalue weighted by molar-refractivity contribution is 0.0596. The Morgan fingerprint density at radius 1 is 0.774 bits per heavy atom. The number of aryl methyl sites for hydroxylation is 1. The van der Waals surface area contributed by atoms with E-state index in [9.17, 15) is 9.59 Å². The Morgan fingerprint density at radius 3 is 2.32 bits per heavy atom. The van der Waals surface area contributed by atoms with Gasteiger partial charge in [-0.2, -0.15) is 0 Å². The van der Waals surface area contributed by atoms with Gasteiger partial charge in [0.2, 0.25) is 0 Å². The van der Waals surface area contributed by atoms with Crippen LogP contribution in [-0.2, 0) is 4.84 Å². The third-order valence-electron chi connectivity index (χ3n) is 4.64. The number of hydrogen-bond donors (Lipinski definition) is 1. The van der Waals surface area contributed by atoms with Gasteiger partial charge in [0.1, 0.15) is 0 Å². The summed E-state index contributed by atoms with van der Waals surface area (Å²) in [5, 5.41) is 9.74. The topological polar surface area (TPSA) is 80.1 Å². The molecule has 4 aromatic rings. The highest BCUT2D eigenvalue weighted by atomic mass is 16.7. The van der Waals surface area contributed by atoms with Crippen LogP contribution in [0.2, 0.25) is 0 Å². The highest BCUT2D eigenvalue weighted by Crippen LogP contribution is 2.19. The minimum Gasteiger partial charge on any atom is -0.338 e. The maximum absolute atomic E-state index is 12.3. The van der Waals surface area contributed by atoms with Crippen molar-refractivity contribution in [1.82, 2.24) is 0 Å². The zero-order valence-corrected chi connectivity index (χ0v) is 16.8. The van der Waals surface area contributed by atoms with E-state index in [1.165, 1.54) is 0 Å². The maximum atomic E-state index is 12.3. The number of carbonyl (C=O) groups excluding carboxylic acids is 2. The van der Waals surface area contributed by atoms with Crippen molar-refractivity contribution in [3.05, 3.63) is 108 Å². The average molecular weight is 409 g/mol. The number of hydrogen-bond acceptors (Lipinski definition) is 5. The lowest BCUT2D eigenvalue weighted by atomic mass is 10.1. The van der Waals surface area contributed by atoms with E-state index in [1.807, 2.05) is 43.3 Å². The van der Waals surface area contributed by atoms with Crippen LogP contribution in [0.5, 0.6) is 0 Å². The number of rotatable bonds is 5. The standard InChI is InChI=1S/C25H19N3O3/c1-17-5-4-8-20(15-17)24(29)27-26-22-11-13-23(14-12-22)28-31-25(30)21-10-9-18-6-2-3-7-19(18)16-21/h2-16,28H,1H3. The van der Waals surface area contributed by atoms with Gasteiger partial charge in [0.25, 0.3) is 5.91 Å². The summed E-state index contributed by atoms with van der Waals surface area (Å²) in [6.07, 6.45) is 0. The van der Waals surface area contributed by atoms with E-state index in [4.69, 9.17) is 4.84 Å². The molecule has 4 aromatic carbocycles. The smallest absolute Gasteiger partial charge is 0.338 e. The van der Waals surface area contributed by atoms with Crippen molar-refractivity contribution in [2.24, 2.45) is 10.2 Å². The summed E-state index contributed by atoms with van der Waals surface area (Å²) in [6.45, 7) is 1.91. The van der Waals surface area contributed by atoms with Gasteiger partial charge in [0.05, 0.1) is 16.9 Å². The predicted octanol–water partition coefficient (Wildman–Crippen LogP) is 6.26. The number of carbonyl (C=O) groups is 2. The van der Waals surface area contributed by atoms with E-state index in [0.717, 1.165) is 16.3 Å². The van der Waals surface area contributed by atoms with Crippen LogP contribution in [0.1, 0.15) is 26.3 Å². The molecular formula is C25H19N3O3. The molecule has 0 spiro atoms. The SMILES string of the molecule is Cc1cccc(C(=O)N=Nc2ccc(NOC(=O)c3ccc4ccccc4c3)cc2)c1. The largest absolute Gasteiger partial charge is 0.362 e. The van der Waals surface area contributed by atoms with E-state index >= 15 is 0 Å². The fraction of sp³-hybridized carbons (Fsp3) is 0.0400. The summed E-state index contributed by atoms with van der Waals surface area (Å²) in [5.41, 5.74) is 5.62. The molecule has 0 unspecified atom stereocenters. The second kappa shape index (κ2) is 9.00. The highest BCUT2D eigenvalue weighted by molar-refractivity contribution is 5.96. The molecule has 152 valence electrons. The second-order valence-corrected chi connectivity index (χ2v) is 6.98. The Balaban J connectivity index is 1.35. The minimum absolute atomic E-state index is 0.407.